The summed E-state index contributed by atoms with van der Waals surface area (Å²) in [5.41, 5.74) is 1.78. The fraction of sp³-hybridized carbons (Fsp3) is 0.118. The molecule has 0 aliphatic rings. The van der Waals surface area contributed by atoms with Crippen molar-refractivity contribution in [2.75, 3.05) is 0 Å². The lowest BCUT2D eigenvalue weighted by atomic mass is 10.0. The number of esters is 1. The Morgan fingerprint density at radius 3 is 2.67 bits per heavy atom. The largest absolute Gasteiger partial charge is 0.508 e. The first-order chi connectivity index (χ1) is 10.1. The molecule has 0 atom stereocenters. The minimum absolute atomic E-state index is 0.0518. The number of ether oxygens (including phenoxy) is 1. The van der Waals surface area contributed by atoms with Crippen LogP contribution in [0.3, 0.4) is 0 Å². The molecule has 0 bridgehead atoms. The molecule has 2 aromatic carbocycles. The van der Waals surface area contributed by atoms with E-state index in [1.807, 2.05) is 30.3 Å². The van der Waals surface area contributed by atoms with Crippen molar-refractivity contribution in [2.45, 2.75) is 13.0 Å². The van der Waals surface area contributed by atoms with Gasteiger partial charge in [-0.3, -0.25) is 0 Å². The first-order valence-electron chi connectivity index (χ1n) is 6.45. The van der Waals surface area contributed by atoms with Gasteiger partial charge in [0.05, 0.1) is 5.56 Å². The zero-order chi connectivity index (χ0) is 15.2. The van der Waals surface area contributed by atoms with Gasteiger partial charge in [0.25, 0.3) is 0 Å². The minimum Gasteiger partial charge on any atom is -0.508 e. The highest BCUT2D eigenvalue weighted by Crippen LogP contribution is 2.28. The Hall–Kier alpha value is -2.07. The van der Waals surface area contributed by atoms with Crippen LogP contribution < -0.4 is 0 Å². The van der Waals surface area contributed by atoms with Crippen molar-refractivity contribution in [3.63, 3.8) is 0 Å². The third kappa shape index (κ3) is 3.95. The molecule has 108 valence electrons. The third-order valence-corrected chi connectivity index (χ3v) is 3.43. The molecule has 0 saturated carbocycles. The quantitative estimate of drug-likeness (QED) is 0.650. The normalized spacial score (nSPS) is 10.1. The Kier molecular flexibility index (Phi) is 5.17. The molecular formula is C17H15BrO3. The highest BCUT2D eigenvalue weighted by molar-refractivity contribution is 9.10. The van der Waals surface area contributed by atoms with Gasteiger partial charge in [-0.1, -0.05) is 52.3 Å². The van der Waals surface area contributed by atoms with E-state index in [4.69, 9.17) is 4.74 Å². The molecule has 0 fully saturated rings. The van der Waals surface area contributed by atoms with Gasteiger partial charge in [-0.05, 0) is 24.1 Å². The molecule has 0 aromatic heterocycles. The fourth-order valence-corrected chi connectivity index (χ4v) is 2.41. The number of halogens is 1. The number of rotatable bonds is 5. The van der Waals surface area contributed by atoms with Crippen LogP contribution in [0.25, 0.3) is 0 Å². The molecule has 3 nitrogen and oxygen atoms in total. The number of phenols is 1. The number of hydrogen-bond donors (Lipinski definition) is 1. The standard InChI is InChI=1S/C17H15BrO3/c1-2-6-14-15(9-13(18)10-16(14)19)17(20)21-11-12-7-4-3-5-8-12/h2-5,7-10,19H,1,6,11H2. The Labute approximate surface area is 132 Å². The van der Waals surface area contributed by atoms with Gasteiger partial charge in [-0.25, -0.2) is 4.79 Å². The van der Waals surface area contributed by atoms with Crippen molar-refractivity contribution in [2.24, 2.45) is 0 Å². The van der Waals surface area contributed by atoms with Gasteiger partial charge in [0.2, 0.25) is 0 Å². The molecule has 0 unspecified atom stereocenters. The van der Waals surface area contributed by atoms with E-state index in [1.54, 1.807) is 18.2 Å². The van der Waals surface area contributed by atoms with Gasteiger partial charge < -0.3 is 9.84 Å². The molecule has 1 N–H and O–H groups in total. The zero-order valence-electron chi connectivity index (χ0n) is 11.4. The molecule has 0 aliphatic carbocycles. The molecule has 2 aromatic rings. The smallest absolute Gasteiger partial charge is 0.338 e. The number of aromatic hydroxyl groups is 1. The molecule has 0 saturated heterocycles. The minimum atomic E-state index is -0.465. The summed E-state index contributed by atoms with van der Waals surface area (Å²) in [5, 5.41) is 9.95. The van der Waals surface area contributed by atoms with Crippen LogP contribution in [0.2, 0.25) is 0 Å². The van der Waals surface area contributed by atoms with Crippen LogP contribution in [0.5, 0.6) is 5.75 Å². The van der Waals surface area contributed by atoms with E-state index in [-0.39, 0.29) is 12.4 Å². The Bertz CT molecular complexity index is 651. The van der Waals surface area contributed by atoms with E-state index in [1.165, 1.54) is 0 Å². The number of allylic oxidation sites excluding steroid dienone is 1. The summed E-state index contributed by atoms with van der Waals surface area (Å²) >= 11 is 3.27. The van der Waals surface area contributed by atoms with Crippen molar-refractivity contribution < 1.29 is 14.6 Å². The zero-order valence-corrected chi connectivity index (χ0v) is 13.0. The van der Waals surface area contributed by atoms with Crippen LogP contribution >= 0.6 is 15.9 Å². The Balaban J connectivity index is 2.20. The third-order valence-electron chi connectivity index (χ3n) is 2.97. The second-order valence-corrected chi connectivity index (χ2v) is 5.42. The summed E-state index contributed by atoms with van der Waals surface area (Å²) in [6.07, 6.45) is 2.03. The molecule has 0 radical (unpaired) electrons. The van der Waals surface area contributed by atoms with Crippen molar-refractivity contribution in [3.8, 4) is 5.75 Å². The lowest BCUT2D eigenvalue weighted by Gasteiger charge is -2.11. The second-order valence-electron chi connectivity index (χ2n) is 4.51. The Morgan fingerprint density at radius 2 is 2.00 bits per heavy atom. The lowest BCUT2D eigenvalue weighted by Crippen LogP contribution is -2.08. The maximum absolute atomic E-state index is 12.2. The van der Waals surface area contributed by atoms with Crippen molar-refractivity contribution >= 4 is 21.9 Å². The summed E-state index contributed by atoms with van der Waals surface area (Å²) in [6.45, 7) is 3.83. The highest BCUT2D eigenvalue weighted by Gasteiger charge is 2.16. The van der Waals surface area contributed by atoms with E-state index in [0.717, 1.165) is 5.56 Å². The monoisotopic (exact) mass is 346 g/mol. The van der Waals surface area contributed by atoms with Crippen LogP contribution in [-0.2, 0) is 17.8 Å². The van der Waals surface area contributed by atoms with Gasteiger partial charge in [0.1, 0.15) is 12.4 Å². The molecule has 0 amide bonds. The first-order valence-corrected chi connectivity index (χ1v) is 7.24. The molecule has 2 rings (SSSR count). The van der Waals surface area contributed by atoms with Crippen LogP contribution in [0.4, 0.5) is 0 Å². The number of carbonyl (C=O) groups is 1. The summed E-state index contributed by atoms with van der Waals surface area (Å²) in [7, 11) is 0. The van der Waals surface area contributed by atoms with Gasteiger partial charge in [-0.2, -0.15) is 0 Å². The number of carbonyl (C=O) groups excluding carboxylic acids is 1. The topological polar surface area (TPSA) is 46.5 Å². The molecule has 0 spiro atoms. The predicted octanol–water partition coefficient (Wildman–Crippen LogP) is 4.24. The molecule has 4 heteroatoms. The van der Waals surface area contributed by atoms with E-state index in [0.29, 0.717) is 22.0 Å². The van der Waals surface area contributed by atoms with Gasteiger partial charge in [0.15, 0.2) is 0 Å². The van der Waals surface area contributed by atoms with Gasteiger partial charge >= 0.3 is 5.97 Å². The van der Waals surface area contributed by atoms with Crippen LogP contribution in [0.15, 0.2) is 59.6 Å². The van der Waals surface area contributed by atoms with E-state index >= 15 is 0 Å². The van der Waals surface area contributed by atoms with Crippen LogP contribution in [0, 0.1) is 0 Å². The van der Waals surface area contributed by atoms with E-state index in [9.17, 15) is 9.90 Å². The molecular weight excluding hydrogens is 332 g/mol. The maximum atomic E-state index is 12.2. The number of phenolic OH excluding ortho intramolecular Hbond substituents is 1. The van der Waals surface area contributed by atoms with Gasteiger partial charge in [-0.15, -0.1) is 6.58 Å². The average molecular weight is 347 g/mol. The summed E-state index contributed by atoms with van der Waals surface area (Å²) in [5.74, 6) is -0.414. The number of hydrogen-bond acceptors (Lipinski definition) is 3. The Morgan fingerprint density at radius 1 is 1.29 bits per heavy atom. The number of benzene rings is 2. The van der Waals surface area contributed by atoms with Crippen LogP contribution in [0.1, 0.15) is 21.5 Å². The SMILES string of the molecule is C=CCc1c(O)cc(Br)cc1C(=O)OCc1ccccc1. The van der Waals surface area contributed by atoms with E-state index in [2.05, 4.69) is 22.5 Å². The van der Waals surface area contributed by atoms with Crippen molar-refractivity contribution in [1.29, 1.82) is 0 Å². The summed E-state index contributed by atoms with van der Waals surface area (Å²) < 4.78 is 5.93. The average Bonchev–Trinajstić information content (AvgIpc) is 2.48. The van der Waals surface area contributed by atoms with Crippen molar-refractivity contribution in [1.82, 2.24) is 0 Å². The lowest BCUT2D eigenvalue weighted by molar-refractivity contribution is 0.0471. The molecule has 0 aliphatic heterocycles. The summed E-state index contributed by atoms with van der Waals surface area (Å²) in [6, 6.07) is 12.6. The fourth-order valence-electron chi connectivity index (χ4n) is 1.96. The van der Waals surface area contributed by atoms with Gasteiger partial charge in [0, 0.05) is 10.0 Å². The van der Waals surface area contributed by atoms with E-state index < -0.39 is 5.97 Å². The second kappa shape index (κ2) is 7.09. The van der Waals surface area contributed by atoms with Crippen LogP contribution in [-0.4, -0.2) is 11.1 Å². The highest BCUT2D eigenvalue weighted by atomic mass is 79.9. The summed E-state index contributed by atoms with van der Waals surface area (Å²) in [4.78, 5) is 12.2. The predicted molar refractivity (Wildman–Crippen MR) is 85.3 cm³/mol. The first kappa shape index (κ1) is 15.3. The molecule has 21 heavy (non-hydrogen) atoms. The maximum Gasteiger partial charge on any atom is 0.338 e. The molecule has 0 heterocycles. The van der Waals surface area contributed by atoms with Crippen molar-refractivity contribution in [3.05, 3.63) is 76.3 Å².